The minimum absolute atomic E-state index is 0.673. The average Bonchev–Trinajstić information content (AvgIpc) is 2.89. The zero-order valence-corrected chi connectivity index (χ0v) is 14.0. The standard InChI is InChI=1S/C12H11BrClN5S/c1-6-8(10(14)19(2)18-6)5-20-12-16-9-3-7(13)4-15-11(9)17-12/h3-4H,5H2,1-2H3,(H,15,16,17). The number of halogens is 2. The van der Waals surface area contributed by atoms with Crippen molar-refractivity contribution in [3.8, 4) is 0 Å². The summed E-state index contributed by atoms with van der Waals surface area (Å²) in [6.45, 7) is 1.96. The van der Waals surface area contributed by atoms with Crippen LogP contribution in [0.4, 0.5) is 0 Å². The lowest BCUT2D eigenvalue weighted by Gasteiger charge is -1.98. The van der Waals surface area contributed by atoms with Crippen molar-refractivity contribution < 1.29 is 0 Å². The molecule has 3 aromatic rings. The Hall–Kier alpha value is -1.05. The molecule has 0 aliphatic carbocycles. The molecule has 0 atom stereocenters. The Morgan fingerprint density at radius 1 is 1.50 bits per heavy atom. The van der Waals surface area contributed by atoms with Crippen LogP contribution in [0.2, 0.25) is 5.15 Å². The number of aryl methyl sites for hydroxylation is 2. The molecule has 20 heavy (non-hydrogen) atoms. The Morgan fingerprint density at radius 2 is 2.30 bits per heavy atom. The van der Waals surface area contributed by atoms with Crippen LogP contribution in [0.3, 0.4) is 0 Å². The molecule has 3 heterocycles. The highest BCUT2D eigenvalue weighted by atomic mass is 79.9. The average molecular weight is 373 g/mol. The molecule has 0 saturated carbocycles. The summed E-state index contributed by atoms with van der Waals surface area (Å²) < 4.78 is 2.61. The van der Waals surface area contributed by atoms with Crippen molar-refractivity contribution in [3.05, 3.63) is 33.1 Å². The minimum atomic E-state index is 0.673. The van der Waals surface area contributed by atoms with Crippen molar-refractivity contribution in [2.45, 2.75) is 17.8 Å². The Morgan fingerprint density at radius 3 is 3.00 bits per heavy atom. The van der Waals surface area contributed by atoms with E-state index in [0.29, 0.717) is 10.8 Å². The van der Waals surface area contributed by atoms with E-state index in [2.05, 4.69) is 36.0 Å². The van der Waals surface area contributed by atoms with Crippen molar-refractivity contribution in [1.29, 1.82) is 0 Å². The number of aromatic amines is 1. The lowest BCUT2D eigenvalue weighted by Crippen LogP contribution is -1.89. The van der Waals surface area contributed by atoms with Gasteiger partial charge >= 0.3 is 0 Å². The number of aromatic nitrogens is 5. The number of H-pyrrole nitrogens is 1. The van der Waals surface area contributed by atoms with E-state index in [1.807, 2.05) is 20.0 Å². The predicted molar refractivity (Wildman–Crippen MR) is 84.1 cm³/mol. The number of pyridine rings is 1. The molecule has 3 rings (SSSR count). The van der Waals surface area contributed by atoms with Gasteiger partial charge < -0.3 is 4.98 Å². The van der Waals surface area contributed by atoms with E-state index in [0.717, 1.165) is 32.2 Å². The third-order valence-electron chi connectivity index (χ3n) is 2.91. The fraction of sp³-hybridized carbons (Fsp3) is 0.250. The molecular weight excluding hydrogens is 362 g/mol. The lowest BCUT2D eigenvalue weighted by atomic mass is 10.3. The van der Waals surface area contributed by atoms with E-state index in [-0.39, 0.29) is 0 Å². The summed E-state index contributed by atoms with van der Waals surface area (Å²) in [4.78, 5) is 11.9. The fourth-order valence-corrected chi connectivity index (χ4v) is 3.51. The second-order valence-electron chi connectivity index (χ2n) is 4.33. The zero-order valence-electron chi connectivity index (χ0n) is 10.8. The third kappa shape index (κ3) is 2.57. The summed E-state index contributed by atoms with van der Waals surface area (Å²) in [5.74, 6) is 0.722. The second-order valence-corrected chi connectivity index (χ2v) is 6.57. The predicted octanol–water partition coefficient (Wildman–Crippen LogP) is 3.71. The number of nitrogens with one attached hydrogen (secondary N) is 1. The van der Waals surface area contributed by atoms with Crippen LogP contribution in [-0.4, -0.2) is 24.7 Å². The first-order chi connectivity index (χ1) is 9.54. The van der Waals surface area contributed by atoms with E-state index in [1.165, 1.54) is 0 Å². The van der Waals surface area contributed by atoms with Gasteiger partial charge in [0.05, 0.1) is 11.2 Å². The highest BCUT2D eigenvalue weighted by Gasteiger charge is 2.13. The van der Waals surface area contributed by atoms with Crippen LogP contribution >= 0.6 is 39.3 Å². The van der Waals surface area contributed by atoms with Crippen molar-refractivity contribution in [2.24, 2.45) is 7.05 Å². The van der Waals surface area contributed by atoms with E-state index in [4.69, 9.17) is 11.6 Å². The summed E-state index contributed by atoms with van der Waals surface area (Å²) in [6, 6.07) is 1.96. The fourth-order valence-electron chi connectivity index (χ4n) is 1.90. The molecule has 0 spiro atoms. The minimum Gasteiger partial charge on any atom is -0.331 e. The smallest absolute Gasteiger partial charge is 0.178 e. The molecule has 0 fully saturated rings. The van der Waals surface area contributed by atoms with Gasteiger partial charge in [0.1, 0.15) is 5.15 Å². The maximum absolute atomic E-state index is 6.22. The molecular formula is C12H11BrClN5S. The Bertz CT molecular complexity index is 782. The van der Waals surface area contributed by atoms with E-state index >= 15 is 0 Å². The molecule has 0 aliphatic heterocycles. The Labute approximate surface area is 133 Å². The summed E-state index contributed by atoms with van der Waals surface area (Å²) in [6.07, 6.45) is 1.74. The molecule has 0 bridgehead atoms. The monoisotopic (exact) mass is 371 g/mol. The van der Waals surface area contributed by atoms with Crippen molar-refractivity contribution in [3.63, 3.8) is 0 Å². The summed E-state index contributed by atoms with van der Waals surface area (Å²) >= 11 is 11.2. The van der Waals surface area contributed by atoms with E-state index < -0.39 is 0 Å². The molecule has 1 N–H and O–H groups in total. The largest absolute Gasteiger partial charge is 0.331 e. The van der Waals surface area contributed by atoms with Gasteiger partial charge in [-0.2, -0.15) is 5.10 Å². The number of fused-ring (bicyclic) bond motifs is 1. The van der Waals surface area contributed by atoms with Gasteiger partial charge in [0.2, 0.25) is 0 Å². The number of rotatable bonds is 3. The van der Waals surface area contributed by atoms with Gasteiger partial charge in [0.15, 0.2) is 10.8 Å². The van der Waals surface area contributed by atoms with Crippen LogP contribution in [0.1, 0.15) is 11.3 Å². The molecule has 8 heteroatoms. The van der Waals surface area contributed by atoms with Crippen LogP contribution in [0.5, 0.6) is 0 Å². The van der Waals surface area contributed by atoms with Crippen LogP contribution in [0.25, 0.3) is 11.2 Å². The van der Waals surface area contributed by atoms with Crippen molar-refractivity contribution >= 4 is 50.5 Å². The number of imidazole rings is 1. The molecule has 5 nitrogen and oxygen atoms in total. The van der Waals surface area contributed by atoms with Crippen LogP contribution in [0.15, 0.2) is 21.9 Å². The van der Waals surface area contributed by atoms with E-state index in [1.54, 1.807) is 22.6 Å². The Kier molecular flexibility index (Phi) is 3.74. The maximum atomic E-state index is 6.22. The van der Waals surface area contributed by atoms with Gasteiger partial charge in [0, 0.05) is 29.0 Å². The van der Waals surface area contributed by atoms with Crippen LogP contribution < -0.4 is 0 Å². The molecule has 104 valence electrons. The maximum Gasteiger partial charge on any atom is 0.178 e. The summed E-state index contributed by atoms with van der Waals surface area (Å²) in [7, 11) is 1.84. The van der Waals surface area contributed by atoms with Gasteiger partial charge in [-0.05, 0) is 28.9 Å². The molecule has 0 unspecified atom stereocenters. The topological polar surface area (TPSA) is 59.4 Å². The summed E-state index contributed by atoms with van der Waals surface area (Å²) in [5, 5.41) is 5.80. The first-order valence-electron chi connectivity index (χ1n) is 5.86. The molecule has 0 aliphatic rings. The molecule has 0 amide bonds. The summed E-state index contributed by atoms with van der Waals surface area (Å²) in [5.41, 5.74) is 3.61. The van der Waals surface area contributed by atoms with E-state index in [9.17, 15) is 0 Å². The first kappa shape index (κ1) is 13.9. The normalized spacial score (nSPS) is 11.4. The first-order valence-corrected chi connectivity index (χ1v) is 8.02. The van der Waals surface area contributed by atoms with Gasteiger partial charge in [-0.1, -0.05) is 23.4 Å². The van der Waals surface area contributed by atoms with Gasteiger partial charge in [0.25, 0.3) is 0 Å². The van der Waals surface area contributed by atoms with Crippen molar-refractivity contribution in [1.82, 2.24) is 24.7 Å². The quantitative estimate of drug-likeness (QED) is 0.712. The molecule has 0 radical (unpaired) electrons. The van der Waals surface area contributed by atoms with Gasteiger partial charge in [-0.3, -0.25) is 4.68 Å². The van der Waals surface area contributed by atoms with Crippen LogP contribution in [-0.2, 0) is 12.8 Å². The lowest BCUT2D eigenvalue weighted by molar-refractivity contribution is 0.757. The highest BCUT2D eigenvalue weighted by molar-refractivity contribution is 9.10. The molecule has 0 saturated heterocycles. The molecule has 3 aromatic heterocycles. The zero-order chi connectivity index (χ0) is 14.3. The third-order valence-corrected chi connectivity index (χ3v) is 4.71. The second kappa shape index (κ2) is 5.38. The number of thioether (sulfide) groups is 1. The molecule has 0 aromatic carbocycles. The SMILES string of the molecule is Cc1nn(C)c(Cl)c1CSc1nc2ncc(Br)cc2[nH]1. The highest BCUT2D eigenvalue weighted by Crippen LogP contribution is 2.28. The number of nitrogens with zero attached hydrogens (tertiary/aromatic N) is 4. The van der Waals surface area contributed by atoms with Gasteiger partial charge in [-0.15, -0.1) is 0 Å². The Balaban J connectivity index is 1.83. The number of hydrogen-bond acceptors (Lipinski definition) is 4. The van der Waals surface area contributed by atoms with Gasteiger partial charge in [-0.25, -0.2) is 9.97 Å². The van der Waals surface area contributed by atoms with Crippen LogP contribution in [0, 0.1) is 6.92 Å². The van der Waals surface area contributed by atoms with Crippen molar-refractivity contribution in [2.75, 3.05) is 0 Å². The number of hydrogen-bond donors (Lipinski definition) is 1.